The Hall–Kier alpha value is -1.95. The van der Waals surface area contributed by atoms with Crippen molar-refractivity contribution in [3.05, 3.63) is 35.0 Å². The quantitative estimate of drug-likeness (QED) is 0.784. The molecule has 0 spiro atoms. The van der Waals surface area contributed by atoms with Crippen LogP contribution in [0.25, 0.3) is 10.2 Å². The Kier molecular flexibility index (Phi) is 2.71. The van der Waals surface area contributed by atoms with E-state index >= 15 is 0 Å². The maximum absolute atomic E-state index is 4.57. The topological polar surface area (TPSA) is 55.6 Å². The van der Waals surface area contributed by atoms with Crippen LogP contribution in [0.4, 0.5) is 5.82 Å². The van der Waals surface area contributed by atoms with Gasteiger partial charge in [0.05, 0.1) is 22.5 Å². The van der Waals surface area contributed by atoms with Gasteiger partial charge in [-0.1, -0.05) is 17.3 Å². The van der Waals surface area contributed by atoms with Gasteiger partial charge in [0.1, 0.15) is 5.01 Å². The summed E-state index contributed by atoms with van der Waals surface area (Å²) in [5, 5.41) is 12.3. The van der Waals surface area contributed by atoms with Gasteiger partial charge >= 0.3 is 0 Å². The third-order valence-electron chi connectivity index (χ3n) is 2.85. The number of nitrogens with zero attached hydrogens (tertiary/aromatic N) is 4. The predicted octanol–water partition coefficient (Wildman–Crippen LogP) is 2.35. The Bertz CT molecular complexity index is 652. The minimum absolute atomic E-state index is 0.679. The Morgan fingerprint density at radius 3 is 2.89 bits per heavy atom. The fraction of sp³-hybridized carbons (Fsp3) is 0.250. The first-order valence-corrected chi connectivity index (χ1v) is 6.50. The number of benzene rings is 1. The SMILES string of the molecule is Cc1c(NCc2nc3ccccc3s2)nnn1C. The van der Waals surface area contributed by atoms with Crippen LogP contribution < -0.4 is 5.32 Å². The molecule has 0 fully saturated rings. The number of fused-ring (bicyclic) bond motifs is 1. The summed E-state index contributed by atoms with van der Waals surface area (Å²) in [7, 11) is 1.88. The first-order chi connectivity index (χ1) is 8.74. The number of anilines is 1. The molecule has 0 aliphatic rings. The molecule has 0 radical (unpaired) electrons. The van der Waals surface area contributed by atoms with Gasteiger partial charge in [0.2, 0.25) is 0 Å². The molecular formula is C12H13N5S. The first-order valence-electron chi connectivity index (χ1n) is 5.68. The summed E-state index contributed by atoms with van der Waals surface area (Å²) in [6.45, 7) is 2.67. The highest BCUT2D eigenvalue weighted by molar-refractivity contribution is 7.18. The number of rotatable bonds is 3. The van der Waals surface area contributed by atoms with Crippen molar-refractivity contribution in [1.82, 2.24) is 20.0 Å². The van der Waals surface area contributed by atoms with E-state index in [1.165, 1.54) is 4.70 Å². The summed E-state index contributed by atoms with van der Waals surface area (Å²) in [6.07, 6.45) is 0. The van der Waals surface area contributed by atoms with E-state index in [1.807, 2.05) is 32.2 Å². The molecule has 0 unspecified atom stereocenters. The number of para-hydroxylation sites is 1. The summed E-state index contributed by atoms with van der Waals surface area (Å²) in [5.41, 5.74) is 2.08. The molecule has 1 N–H and O–H groups in total. The van der Waals surface area contributed by atoms with Crippen molar-refractivity contribution in [3.63, 3.8) is 0 Å². The van der Waals surface area contributed by atoms with Crippen LogP contribution in [-0.2, 0) is 13.6 Å². The zero-order valence-electron chi connectivity index (χ0n) is 10.2. The molecule has 0 atom stereocenters. The molecule has 2 heterocycles. The van der Waals surface area contributed by atoms with Crippen LogP contribution in [-0.4, -0.2) is 20.0 Å². The molecule has 0 saturated carbocycles. The van der Waals surface area contributed by atoms with Gasteiger partial charge in [0, 0.05) is 7.05 Å². The Morgan fingerprint density at radius 1 is 1.33 bits per heavy atom. The van der Waals surface area contributed by atoms with E-state index in [2.05, 4.69) is 26.7 Å². The molecule has 0 aliphatic heterocycles. The zero-order chi connectivity index (χ0) is 12.5. The highest BCUT2D eigenvalue weighted by Gasteiger charge is 2.07. The highest BCUT2D eigenvalue weighted by atomic mass is 32.1. The van der Waals surface area contributed by atoms with Crippen molar-refractivity contribution >= 4 is 27.4 Å². The fourth-order valence-corrected chi connectivity index (χ4v) is 2.63. The molecule has 3 aromatic rings. The van der Waals surface area contributed by atoms with Crippen LogP contribution in [0.5, 0.6) is 0 Å². The third kappa shape index (κ3) is 1.95. The normalized spacial score (nSPS) is 11.0. The van der Waals surface area contributed by atoms with Gasteiger partial charge in [-0.2, -0.15) is 0 Å². The summed E-state index contributed by atoms with van der Waals surface area (Å²) < 4.78 is 2.96. The van der Waals surface area contributed by atoms with Crippen molar-refractivity contribution in [2.24, 2.45) is 7.05 Å². The van der Waals surface area contributed by atoms with E-state index in [-0.39, 0.29) is 0 Å². The number of hydrogen-bond donors (Lipinski definition) is 1. The standard InChI is InChI=1S/C12H13N5S/c1-8-12(15-16-17(8)2)13-7-11-14-9-5-3-4-6-10(9)18-11/h3-6,13H,7H2,1-2H3. The Morgan fingerprint density at radius 2 is 2.17 bits per heavy atom. The van der Waals surface area contributed by atoms with Gasteiger partial charge in [-0.05, 0) is 19.1 Å². The minimum Gasteiger partial charge on any atom is -0.361 e. The van der Waals surface area contributed by atoms with Gasteiger partial charge in [-0.3, -0.25) is 4.68 Å². The van der Waals surface area contributed by atoms with E-state index in [0.29, 0.717) is 6.54 Å². The van der Waals surface area contributed by atoms with E-state index < -0.39 is 0 Å². The van der Waals surface area contributed by atoms with Crippen LogP contribution in [0.1, 0.15) is 10.7 Å². The van der Waals surface area contributed by atoms with E-state index in [4.69, 9.17) is 0 Å². The lowest BCUT2D eigenvalue weighted by atomic mass is 10.3. The molecular weight excluding hydrogens is 246 g/mol. The lowest BCUT2D eigenvalue weighted by Gasteiger charge is -2.00. The fourth-order valence-electron chi connectivity index (χ4n) is 1.72. The number of nitrogens with one attached hydrogen (secondary N) is 1. The molecule has 6 heteroatoms. The molecule has 0 aliphatic carbocycles. The molecule has 0 amide bonds. The molecule has 2 aromatic heterocycles. The van der Waals surface area contributed by atoms with E-state index in [1.54, 1.807) is 16.0 Å². The van der Waals surface area contributed by atoms with Crippen LogP contribution >= 0.6 is 11.3 Å². The average Bonchev–Trinajstić information content (AvgIpc) is 2.92. The first kappa shape index (κ1) is 11.2. The van der Waals surface area contributed by atoms with Crippen LogP contribution in [0.15, 0.2) is 24.3 Å². The molecule has 18 heavy (non-hydrogen) atoms. The summed E-state index contributed by atoms with van der Waals surface area (Å²) in [6, 6.07) is 8.16. The lowest BCUT2D eigenvalue weighted by molar-refractivity contribution is 0.696. The van der Waals surface area contributed by atoms with Gasteiger partial charge in [0.25, 0.3) is 0 Å². The Labute approximate surface area is 108 Å². The van der Waals surface area contributed by atoms with Crippen molar-refractivity contribution in [1.29, 1.82) is 0 Å². The summed E-state index contributed by atoms with van der Waals surface area (Å²) in [5.74, 6) is 0.816. The maximum atomic E-state index is 4.57. The molecule has 1 aromatic carbocycles. The highest BCUT2D eigenvalue weighted by Crippen LogP contribution is 2.22. The summed E-state index contributed by atoms with van der Waals surface area (Å²) in [4.78, 5) is 4.57. The number of hydrogen-bond acceptors (Lipinski definition) is 5. The van der Waals surface area contributed by atoms with Crippen LogP contribution in [0.2, 0.25) is 0 Å². The van der Waals surface area contributed by atoms with Crippen LogP contribution in [0, 0.1) is 6.92 Å². The molecule has 5 nitrogen and oxygen atoms in total. The van der Waals surface area contributed by atoms with Crippen molar-refractivity contribution in [2.45, 2.75) is 13.5 Å². The number of thiazole rings is 1. The second-order valence-electron chi connectivity index (χ2n) is 4.08. The predicted molar refractivity (Wildman–Crippen MR) is 72.7 cm³/mol. The van der Waals surface area contributed by atoms with E-state index in [0.717, 1.165) is 22.0 Å². The van der Waals surface area contributed by atoms with Gasteiger partial charge < -0.3 is 5.32 Å². The van der Waals surface area contributed by atoms with Gasteiger partial charge in [-0.15, -0.1) is 16.4 Å². The lowest BCUT2D eigenvalue weighted by Crippen LogP contribution is -2.01. The second-order valence-corrected chi connectivity index (χ2v) is 5.19. The molecule has 92 valence electrons. The van der Waals surface area contributed by atoms with Gasteiger partial charge in [-0.25, -0.2) is 4.98 Å². The second kappa shape index (κ2) is 4.38. The molecule has 0 saturated heterocycles. The molecule has 0 bridgehead atoms. The van der Waals surface area contributed by atoms with Crippen molar-refractivity contribution in [2.75, 3.05) is 5.32 Å². The smallest absolute Gasteiger partial charge is 0.171 e. The minimum atomic E-state index is 0.679. The van der Waals surface area contributed by atoms with Gasteiger partial charge in [0.15, 0.2) is 5.82 Å². The largest absolute Gasteiger partial charge is 0.361 e. The van der Waals surface area contributed by atoms with Crippen molar-refractivity contribution in [3.8, 4) is 0 Å². The maximum Gasteiger partial charge on any atom is 0.171 e. The molecule has 3 rings (SSSR count). The monoisotopic (exact) mass is 259 g/mol. The number of aromatic nitrogens is 4. The Balaban J connectivity index is 1.79. The third-order valence-corrected chi connectivity index (χ3v) is 3.89. The zero-order valence-corrected chi connectivity index (χ0v) is 11.0. The average molecular weight is 259 g/mol. The van der Waals surface area contributed by atoms with Crippen molar-refractivity contribution < 1.29 is 0 Å². The summed E-state index contributed by atoms with van der Waals surface area (Å²) >= 11 is 1.70. The van der Waals surface area contributed by atoms with Crippen LogP contribution in [0.3, 0.4) is 0 Å². The number of aryl methyl sites for hydroxylation is 1. The van der Waals surface area contributed by atoms with E-state index in [9.17, 15) is 0 Å².